The molecule has 0 N–H and O–H groups in total. The van der Waals surface area contributed by atoms with Crippen molar-refractivity contribution in [1.29, 1.82) is 0 Å². The summed E-state index contributed by atoms with van der Waals surface area (Å²) < 4.78 is 10.6. The van der Waals surface area contributed by atoms with E-state index in [9.17, 15) is 4.79 Å². The highest BCUT2D eigenvalue weighted by Gasteiger charge is 2.13. The zero-order valence-corrected chi connectivity index (χ0v) is 11.0. The molecule has 0 aliphatic heterocycles. The molecule has 1 aromatic carbocycles. The summed E-state index contributed by atoms with van der Waals surface area (Å²) in [6, 6.07) is 7.48. The maximum atomic E-state index is 12.1. The minimum absolute atomic E-state index is 0.378. The lowest BCUT2D eigenvalue weighted by atomic mass is 10.1. The van der Waals surface area contributed by atoms with Crippen LogP contribution in [-0.2, 0) is 0 Å². The topological polar surface area (TPSA) is 52.3 Å². The van der Waals surface area contributed by atoms with E-state index in [1.165, 1.54) is 0 Å². The normalized spacial score (nSPS) is 11.1. The van der Waals surface area contributed by atoms with Gasteiger partial charge in [0, 0.05) is 16.5 Å². The van der Waals surface area contributed by atoms with Gasteiger partial charge >= 0.3 is 5.63 Å². The van der Waals surface area contributed by atoms with Crippen LogP contribution in [0.2, 0.25) is 0 Å². The summed E-state index contributed by atoms with van der Waals surface area (Å²) >= 11 is 0. The largest absolute Gasteiger partial charge is 0.493 e. The summed E-state index contributed by atoms with van der Waals surface area (Å²) in [5.74, 6) is 0.559. The van der Waals surface area contributed by atoms with E-state index < -0.39 is 0 Å². The second kappa shape index (κ2) is 4.09. The highest BCUT2D eigenvalue weighted by molar-refractivity contribution is 6.06. The Kier molecular flexibility index (Phi) is 2.52. The first kappa shape index (κ1) is 11.7. The molecule has 4 heteroatoms. The predicted octanol–water partition coefficient (Wildman–Crippen LogP) is 2.97. The Hall–Kier alpha value is -2.36. The number of fused-ring (bicyclic) bond motifs is 3. The number of nitrogens with zero attached hydrogens (tertiary/aromatic N) is 1. The van der Waals surface area contributed by atoms with Gasteiger partial charge in [-0.3, -0.25) is 4.98 Å². The highest BCUT2D eigenvalue weighted by Crippen LogP contribution is 2.30. The van der Waals surface area contributed by atoms with Crippen molar-refractivity contribution in [2.24, 2.45) is 0 Å². The van der Waals surface area contributed by atoms with Gasteiger partial charge in [-0.25, -0.2) is 4.79 Å². The molecule has 0 saturated carbocycles. The third kappa shape index (κ3) is 1.68. The number of para-hydroxylation sites is 1. The van der Waals surface area contributed by atoms with Crippen LogP contribution in [0.15, 0.2) is 33.5 Å². The van der Waals surface area contributed by atoms with Crippen LogP contribution in [0.3, 0.4) is 0 Å². The van der Waals surface area contributed by atoms with Crippen LogP contribution in [0.5, 0.6) is 5.75 Å². The number of rotatable bonds is 1. The molecule has 0 bridgehead atoms. The van der Waals surface area contributed by atoms with Gasteiger partial charge < -0.3 is 9.15 Å². The lowest BCUT2D eigenvalue weighted by Crippen LogP contribution is -2.04. The van der Waals surface area contributed by atoms with Gasteiger partial charge in [0.15, 0.2) is 11.3 Å². The molecule has 0 unspecified atom stereocenters. The number of pyridine rings is 1. The number of hydrogen-bond acceptors (Lipinski definition) is 4. The quantitative estimate of drug-likeness (QED) is 0.495. The average Bonchev–Trinajstić information content (AvgIpc) is 2.37. The summed E-state index contributed by atoms with van der Waals surface area (Å²) in [5.41, 5.74) is 1.66. The molecule has 3 aromatic rings. The molecule has 96 valence electrons. The SMILES string of the molecule is COc1cccc2c1oc(=O)c1c(C)nc(C)cc12. The number of benzene rings is 1. The molecule has 0 aliphatic carbocycles. The average molecular weight is 255 g/mol. The minimum Gasteiger partial charge on any atom is -0.493 e. The van der Waals surface area contributed by atoms with Gasteiger partial charge in [0.2, 0.25) is 0 Å². The molecule has 19 heavy (non-hydrogen) atoms. The van der Waals surface area contributed by atoms with E-state index >= 15 is 0 Å². The van der Waals surface area contributed by atoms with E-state index in [0.717, 1.165) is 16.5 Å². The van der Waals surface area contributed by atoms with E-state index in [2.05, 4.69) is 4.98 Å². The molecule has 0 spiro atoms. The van der Waals surface area contributed by atoms with E-state index in [-0.39, 0.29) is 5.63 Å². The molecule has 0 amide bonds. The Balaban J connectivity index is 2.64. The fourth-order valence-corrected chi connectivity index (χ4v) is 2.44. The summed E-state index contributed by atoms with van der Waals surface area (Å²) in [4.78, 5) is 16.5. The van der Waals surface area contributed by atoms with Crippen LogP contribution in [0.4, 0.5) is 0 Å². The van der Waals surface area contributed by atoms with Crippen molar-refractivity contribution in [3.05, 3.63) is 46.1 Å². The van der Waals surface area contributed by atoms with Gasteiger partial charge in [-0.2, -0.15) is 0 Å². The molecule has 3 rings (SSSR count). The summed E-state index contributed by atoms with van der Waals surface area (Å²) in [7, 11) is 1.56. The van der Waals surface area contributed by atoms with E-state index in [4.69, 9.17) is 9.15 Å². The Morgan fingerprint density at radius 2 is 2.00 bits per heavy atom. The molecule has 2 aromatic heterocycles. The minimum atomic E-state index is -0.378. The van der Waals surface area contributed by atoms with Crippen LogP contribution >= 0.6 is 0 Å². The number of methoxy groups -OCH3 is 1. The fourth-order valence-electron chi connectivity index (χ4n) is 2.44. The van der Waals surface area contributed by atoms with E-state index in [0.29, 0.717) is 22.4 Å². The second-order valence-corrected chi connectivity index (χ2v) is 4.50. The number of aromatic nitrogens is 1. The molecular formula is C15H13NO3. The molecule has 2 heterocycles. The number of ether oxygens (including phenoxy) is 1. The van der Waals surface area contributed by atoms with Gasteiger partial charge in [-0.15, -0.1) is 0 Å². The van der Waals surface area contributed by atoms with Crippen molar-refractivity contribution in [3.8, 4) is 5.75 Å². The van der Waals surface area contributed by atoms with Crippen molar-refractivity contribution >= 4 is 21.7 Å². The van der Waals surface area contributed by atoms with Gasteiger partial charge in [0.25, 0.3) is 0 Å². The molecule has 0 radical (unpaired) electrons. The van der Waals surface area contributed by atoms with E-state index in [1.807, 2.05) is 32.0 Å². The van der Waals surface area contributed by atoms with Gasteiger partial charge in [-0.05, 0) is 26.0 Å². The zero-order chi connectivity index (χ0) is 13.6. The third-order valence-corrected chi connectivity index (χ3v) is 3.22. The number of hydrogen-bond donors (Lipinski definition) is 0. The Bertz CT molecular complexity index is 849. The maximum Gasteiger partial charge on any atom is 0.346 e. The summed E-state index contributed by atoms with van der Waals surface area (Å²) in [6.45, 7) is 3.73. The third-order valence-electron chi connectivity index (χ3n) is 3.22. The predicted molar refractivity (Wildman–Crippen MR) is 73.8 cm³/mol. The van der Waals surface area contributed by atoms with Crippen molar-refractivity contribution in [3.63, 3.8) is 0 Å². The Morgan fingerprint density at radius 1 is 1.21 bits per heavy atom. The van der Waals surface area contributed by atoms with Crippen LogP contribution in [0.25, 0.3) is 21.7 Å². The lowest BCUT2D eigenvalue weighted by Gasteiger charge is -2.08. The first-order valence-corrected chi connectivity index (χ1v) is 5.99. The number of aryl methyl sites for hydroxylation is 2. The summed E-state index contributed by atoms with van der Waals surface area (Å²) in [6.07, 6.45) is 0. The zero-order valence-electron chi connectivity index (χ0n) is 11.0. The van der Waals surface area contributed by atoms with Crippen LogP contribution < -0.4 is 10.4 Å². The fraction of sp³-hybridized carbons (Fsp3) is 0.200. The van der Waals surface area contributed by atoms with Crippen LogP contribution in [0.1, 0.15) is 11.4 Å². The van der Waals surface area contributed by atoms with Crippen LogP contribution in [0, 0.1) is 13.8 Å². The standard InChI is InChI=1S/C15H13NO3/c1-8-7-11-10-5-4-6-12(18-3)14(10)19-15(17)13(11)9(2)16-8/h4-7H,1-3H3. The molecule has 0 saturated heterocycles. The van der Waals surface area contributed by atoms with Crippen molar-refractivity contribution < 1.29 is 9.15 Å². The Morgan fingerprint density at radius 3 is 2.74 bits per heavy atom. The van der Waals surface area contributed by atoms with Gasteiger partial charge in [0.05, 0.1) is 18.2 Å². The van der Waals surface area contributed by atoms with Crippen molar-refractivity contribution in [2.45, 2.75) is 13.8 Å². The van der Waals surface area contributed by atoms with Crippen LogP contribution in [-0.4, -0.2) is 12.1 Å². The molecular weight excluding hydrogens is 242 g/mol. The molecule has 0 atom stereocenters. The smallest absolute Gasteiger partial charge is 0.346 e. The monoisotopic (exact) mass is 255 g/mol. The highest BCUT2D eigenvalue weighted by atomic mass is 16.5. The molecule has 4 nitrogen and oxygen atoms in total. The second-order valence-electron chi connectivity index (χ2n) is 4.50. The lowest BCUT2D eigenvalue weighted by molar-refractivity contribution is 0.407. The molecule has 0 aliphatic rings. The first-order valence-electron chi connectivity index (χ1n) is 5.99. The van der Waals surface area contributed by atoms with Crippen molar-refractivity contribution in [2.75, 3.05) is 7.11 Å². The van der Waals surface area contributed by atoms with Crippen molar-refractivity contribution in [1.82, 2.24) is 4.98 Å². The van der Waals surface area contributed by atoms with E-state index in [1.54, 1.807) is 13.2 Å². The van der Waals surface area contributed by atoms with Gasteiger partial charge in [0.1, 0.15) is 0 Å². The van der Waals surface area contributed by atoms with Gasteiger partial charge in [-0.1, -0.05) is 12.1 Å². The maximum absolute atomic E-state index is 12.1. The summed E-state index contributed by atoms with van der Waals surface area (Å²) in [5, 5.41) is 2.25. The molecule has 0 fully saturated rings. The Labute approximate surface area is 109 Å². The first-order chi connectivity index (χ1) is 9.11.